The number of carbonyl (C=O) groups excluding carboxylic acids is 1. The minimum absolute atomic E-state index is 0.203. The van der Waals surface area contributed by atoms with Crippen LogP contribution in [-0.2, 0) is 6.54 Å². The van der Waals surface area contributed by atoms with Crippen LogP contribution in [0.1, 0.15) is 29.9 Å². The lowest BCUT2D eigenvalue weighted by atomic mass is 10.0. The van der Waals surface area contributed by atoms with Gasteiger partial charge in [-0.25, -0.2) is 4.98 Å². The average molecular weight is 298 g/mol. The van der Waals surface area contributed by atoms with Crippen LogP contribution < -0.4 is 5.32 Å². The fourth-order valence-corrected chi connectivity index (χ4v) is 2.45. The van der Waals surface area contributed by atoms with Crippen LogP contribution in [0.3, 0.4) is 0 Å². The Morgan fingerprint density at radius 3 is 2.59 bits per heavy atom. The molecule has 0 saturated carbocycles. The topological polar surface area (TPSA) is 58.1 Å². The molecular weight excluding hydrogens is 276 g/mol. The third-order valence-corrected chi connectivity index (χ3v) is 3.21. The van der Waals surface area contributed by atoms with Crippen molar-refractivity contribution in [1.29, 1.82) is 0 Å². The highest BCUT2D eigenvalue weighted by molar-refractivity contribution is 5.92. The summed E-state index contributed by atoms with van der Waals surface area (Å²) in [5.41, 5.74) is 1.22. The zero-order valence-corrected chi connectivity index (χ0v) is 13.3. The van der Waals surface area contributed by atoms with Crippen molar-refractivity contribution in [3.63, 3.8) is 0 Å². The van der Waals surface area contributed by atoms with Crippen molar-refractivity contribution in [2.75, 3.05) is 13.6 Å². The van der Waals surface area contributed by atoms with Crippen molar-refractivity contribution < 1.29 is 4.79 Å². The lowest BCUT2D eigenvalue weighted by Crippen LogP contribution is -2.50. The molecule has 1 amide bonds. The first-order valence-corrected chi connectivity index (χ1v) is 7.27. The summed E-state index contributed by atoms with van der Waals surface area (Å²) >= 11 is 0. The minimum atomic E-state index is -0.363. The molecular formula is C17H22N4O. The number of hydrogen-bond acceptors (Lipinski definition) is 4. The fraction of sp³-hybridized carbons (Fsp3) is 0.353. The maximum absolute atomic E-state index is 12.2. The van der Waals surface area contributed by atoms with Gasteiger partial charge in [-0.3, -0.25) is 14.7 Å². The molecule has 2 rings (SSSR count). The largest absolute Gasteiger partial charge is 0.344 e. The number of likely N-dealkylation sites (N-methyl/N-ethyl adjacent to an activating group) is 1. The summed E-state index contributed by atoms with van der Waals surface area (Å²) in [4.78, 5) is 22.3. The highest BCUT2D eigenvalue weighted by atomic mass is 16.2. The van der Waals surface area contributed by atoms with E-state index in [1.807, 2.05) is 39.1 Å². The van der Waals surface area contributed by atoms with E-state index in [1.54, 1.807) is 6.20 Å². The molecule has 22 heavy (non-hydrogen) atoms. The van der Waals surface area contributed by atoms with Gasteiger partial charge in [0.2, 0.25) is 0 Å². The zero-order valence-electron chi connectivity index (χ0n) is 13.3. The number of carbonyl (C=O) groups is 1. The Morgan fingerprint density at radius 2 is 1.95 bits per heavy atom. The van der Waals surface area contributed by atoms with Crippen LogP contribution >= 0.6 is 0 Å². The number of amides is 1. The van der Waals surface area contributed by atoms with E-state index < -0.39 is 0 Å². The molecule has 5 nitrogen and oxygen atoms in total. The first-order chi connectivity index (χ1) is 10.5. The maximum Gasteiger partial charge on any atom is 0.271 e. The fourth-order valence-electron chi connectivity index (χ4n) is 2.45. The van der Waals surface area contributed by atoms with Crippen LogP contribution in [0.4, 0.5) is 0 Å². The summed E-state index contributed by atoms with van der Waals surface area (Å²) in [6, 6.07) is 10.3. The molecule has 0 unspecified atom stereocenters. The second kappa shape index (κ2) is 7.13. The molecule has 0 aliphatic carbocycles. The molecule has 1 N–H and O–H groups in total. The molecule has 0 atom stereocenters. The van der Waals surface area contributed by atoms with Gasteiger partial charge in [-0.15, -0.1) is 0 Å². The van der Waals surface area contributed by atoms with Crippen LogP contribution in [0, 0.1) is 0 Å². The Kier molecular flexibility index (Phi) is 5.22. The molecule has 0 aliphatic heterocycles. The van der Waals surface area contributed by atoms with Crippen molar-refractivity contribution in [3.8, 4) is 0 Å². The Balaban J connectivity index is 1.91. The minimum Gasteiger partial charge on any atom is -0.344 e. The van der Waals surface area contributed by atoms with Crippen molar-refractivity contribution in [2.24, 2.45) is 0 Å². The van der Waals surface area contributed by atoms with Crippen molar-refractivity contribution in [1.82, 2.24) is 20.2 Å². The quantitative estimate of drug-likeness (QED) is 0.887. The van der Waals surface area contributed by atoms with Gasteiger partial charge >= 0.3 is 0 Å². The molecule has 2 aromatic rings. The molecule has 1 heterocycles. The highest BCUT2D eigenvalue weighted by Gasteiger charge is 2.23. The van der Waals surface area contributed by atoms with E-state index in [9.17, 15) is 4.79 Å². The SMILES string of the molecule is CN(Cc1ccccc1)CC(C)(C)NC(=O)c1cnccn1. The van der Waals surface area contributed by atoms with Crippen molar-refractivity contribution in [3.05, 3.63) is 60.2 Å². The molecule has 5 heteroatoms. The van der Waals surface area contributed by atoms with E-state index in [2.05, 4.69) is 32.3 Å². The normalized spacial score (nSPS) is 11.5. The van der Waals surface area contributed by atoms with Gasteiger partial charge in [0.15, 0.2) is 0 Å². The molecule has 0 radical (unpaired) electrons. The molecule has 0 aliphatic rings. The maximum atomic E-state index is 12.2. The summed E-state index contributed by atoms with van der Waals surface area (Å²) in [6.07, 6.45) is 4.54. The van der Waals surface area contributed by atoms with Gasteiger partial charge in [0.05, 0.1) is 6.20 Å². The first-order valence-electron chi connectivity index (χ1n) is 7.27. The number of hydrogen-bond donors (Lipinski definition) is 1. The standard InChI is InChI=1S/C17H22N4O/c1-17(2,20-16(22)15-11-18-9-10-19-15)13-21(3)12-14-7-5-4-6-8-14/h4-11H,12-13H2,1-3H3,(H,20,22). The number of nitrogens with zero attached hydrogens (tertiary/aromatic N) is 3. The molecule has 1 aromatic carbocycles. The van der Waals surface area contributed by atoms with Crippen molar-refractivity contribution >= 4 is 5.91 Å². The van der Waals surface area contributed by atoms with Gasteiger partial charge in [-0.2, -0.15) is 0 Å². The Morgan fingerprint density at radius 1 is 1.23 bits per heavy atom. The summed E-state index contributed by atoms with van der Waals surface area (Å²) in [6.45, 7) is 5.57. The summed E-state index contributed by atoms with van der Waals surface area (Å²) in [5.74, 6) is -0.203. The molecule has 0 spiro atoms. The Bertz CT molecular complexity index is 599. The van der Waals surface area contributed by atoms with E-state index in [0.29, 0.717) is 5.69 Å². The van der Waals surface area contributed by atoms with Gasteiger partial charge in [0.1, 0.15) is 5.69 Å². The molecule has 0 saturated heterocycles. The Hall–Kier alpha value is -2.27. The van der Waals surface area contributed by atoms with E-state index in [-0.39, 0.29) is 11.4 Å². The van der Waals surface area contributed by atoms with Crippen LogP contribution in [-0.4, -0.2) is 39.9 Å². The average Bonchev–Trinajstić information content (AvgIpc) is 2.48. The Labute approximate surface area is 131 Å². The summed E-state index contributed by atoms with van der Waals surface area (Å²) in [7, 11) is 2.04. The van der Waals surface area contributed by atoms with E-state index >= 15 is 0 Å². The summed E-state index contributed by atoms with van der Waals surface area (Å²) < 4.78 is 0. The molecule has 0 fully saturated rings. The van der Waals surface area contributed by atoms with E-state index in [1.165, 1.54) is 18.0 Å². The highest BCUT2D eigenvalue weighted by Crippen LogP contribution is 2.09. The molecule has 116 valence electrons. The molecule has 1 aromatic heterocycles. The predicted molar refractivity (Wildman–Crippen MR) is 86.4 cm³/mol. The van der Waals surface area contributed by atoms with Gasteiger partial charge in [0, 0.05) is 31.0 Å². The van der Waals surface area contributed by atoms with E-state index in [0.717, 1.165) is 13.1 Å². The van der Waals surface area contributed by atoms with E-state index in [4.69, 9.17) is 0 Å². The van der Waals surface area contributed by atoms with Gasteiger partial charge in [0.25, 0.3) is 5.91 Å². The van der Waals surface area contributed by atoms with Crippen LogP contribution in [0.5, 0.6) is 0 Å². The van der Waals surface area contributed by atoms with Gasteiger partial charge in [-0.05, 0) is 26.5 Å². The van der Waals surface area contributed by atoms with Crippen molar-refractivity contribution in [2.45, 2.75) is 25.9 Å². The number of rotatable bonds is 6. The smallest absolute Gasteiger partial charge is 0.271 e. The summed E-state index contributed by atoms with van der Waals surface area (Å²) in [5, 5.41) is 3.01. The third kappa shape index (κ3) is 4.93. The monoisotopic (exact) mass is 298 g/mol. The van der Waals surface area contributed by atoms with Crippen LogP contribution in [0.2, 0.25) is 0 Å². The predicted octanol–water partition coefficient (Wildman–Crippen LogP) is 2.12. The third-order valence-electron chi connectivity index (χ3n) is 3.21. The number of benzene rings is 1. The second-order valence-corrected chi connectivity index (χ2v) is 6.09. The zero-order chi connectivity index (χ0) is 16.0. The van der Waals surface area contributed by atoms with Crippen LogP contribution in [0.15, 0.2) is 48.9 Å². The number of nitrogens with one attached hydrogen (secondary N) is 1. The van der Waals surface area contributed by atoms with Gasteiger partial charge < -0.3 is 5.32 Å². The lowest BCUT2D eigenvalue weighted by Gasteiger charge is -2.31. The number of aromatic nitrogens is 2. The van der Waals surface area contributed by atoms with Gasteiger partial charge in [-0.1, -0.05) is 30.3 Å². The second-order valence-electron chi connectivity index (χ2n) is 6.09. The molecule has 0 bridgehead atoms. The van der Waals surface area contributed by atoms with Crippen LogP contribution in [0.25, 0.3) is 0 Å². The first kappa shape index (κ1) is 16.1. The lowest BCUT2D eigenvalue weighted by molar-refractivity contribution is 0.0887.